The van der Waals surface area contributed by atoms with E-state index in [1.807, 2.05) is 13.8 Å². The van der Waals surface area contributed by atoms with E-state index in [4.69, 9.17) is 21.4 Å². The van der Waals surface area contributed by atoms with E-state index >= 15 is 0 Å². The van der Waals surface area contributed by atoms with E-state index in [1.54, 1.807) is 18.2 Å². The summed E-state index contributed by atoms with van der Waals surface area (Å²) in [5.41, 5.74) is 0.668. The molecule has 3 heteroatoms. The number of aliphatic hydroxyl groups excluding tert-OH is 1. The van der Waals surface area contributed by atoms with Gasteiger partial charge in [0, 0.05) is 0 Å². The van der Waals surface area contributed by atoms with E-state index in [0.29, 0.717) is 16.3 Å². The van der Waals surface area contributed by atoms with Crippen molar-refractivity contribution in [3.8, 4) is 5.75 Å². The molecule has 0 spiro atoms. The smallest absolute Gasteiger partial charge is 0.138 e. The monoisotopic (exact) mass is 199 g/mol. The molecule has 1 N–H and O–H groups in total. The molecule has 13 heavy (non-hydrogen) atoms. The molecule has 1 rings (SSSR count). The van der Waals surface area contributed by atoms with Crippen molar-refractivity contribution in [3.63, 3.8) is 0 Å². The molecule has 0 heterocycles. The van der Waals surface area contributed by atoms with Crippen molar-refractivity contribution in [3.05, 3.63) is 35.4 Å². The van der Waals surface area contributed by atoms with Gasteiger partial charge in [0.15, 0.2) is 0 Å². The number of halogens is 1. The van der Waals surface area contributed by atoms with Crippen LogP contribution in [-0.4, -0.2) is 11.2 Å². The van der Waals surface area contributed by atoms with Gasteiger partial charge in [0.2, 0.25) is 0 Å². The molecule has 0 aliphatic rings. The van der Waals surface area contributed by atoms with Crippen molar-refractivity contribution in [2.24, 2.45) is 0 Å². The van der Waals surface area contributed by atoms with Crippen LogP contribution < -0.4 is 4.74 Å². The van der Waals surface area contributed by atoms with Crippen LogP contribution in [0.4, 0.5) is 0 Å². The van der Waals surface area contributed by atoms with Crippen molar-refractivity contribution in [2.45, 2.75) is 20.0 Å². The Morgan fingerprint density at radius 2 is 2.15 bits per heavy atom. The zero-order chi connectivity index (χ0) is 9.84. The summed E-state index contributed by atoms with van der Waals surface area (Å²) in [7, 11) is 0. The van der Waals surface area contributed by atoms with E-state index < -0.39 is 0 Å². The second-order valence-electron chi connectivity index (χ2n) is 2.99. The Morgan fingerprint density at radius 3 is 2.62 bits per heavy atom. The lowest BCUT2D eigenvalue weighted by Crippen LogP contribution is -2.05. The van der Waals surface area contributed by atoms with Crippen molar-refractivity contribution < 1.29 is 9.84 Å². The molecule has 1 radical (unpaired) electrons. The van der Waals surface area contributed by atoms with E-state index in [1.165, 1.54) is 0 Å². The Hall–Kier alpha value is -0.730. The van der Waals surface area contributed by atoms with Crippen LogP contribution in [0.2, 0.25) is 5.02 Å². The summed E-state index contributed by atoms with van der Waals surface area (Å²) >= 11 is 5.90. The van der Waals surface area contributed by atoms with Gasteiger partial charge in [0.1, 0.15) is 12.4 Å². The molecule has 0 bridgehead atoms. The lowest BCUT2D eigenvalue weighted by atomic mass is 10.2. The highest BCUT2D eigenvalue weighted by Crippen LogP contribution is 2.26. The highest BCUT2D eigenvalue weighted by atomic mass is 35.5. The number of aliphatic hydroxyl groups is 1. The zero-order valence-electron chi connectivity index (χ0n) is 7.62. The molecule has 0 aliphatic carbocycles. The summed E-state index contributed by atoms with van der Waals surface area (Å²) in [5.74, 6) is 0.641. The first-order valence-electron chi connectivity index (χ1n) is 4.07. The van der Waals surface area contributed by atoms with Gasteiger partial charge in [-0.1, -0.05) is 17.7 Å². The minimum Gasteiger partial charge on any atom is -0.489 e. The predicted molar refractivity (Wildman–Crippen MR) is 52.6 cm³/mol. The molecule has 0 amide bonds. The molecule has 0 saturated heterocycles. The number of hydrogen-bond donors (Lipinski definition) is 1. The van der Waals surface area contributed by atoms with Crippen molar-refractivity contribution in [2.75, 3.05) is 0 Å². The first kappa shape index (κ1) is 10.4. The summed E-state index contributed by atoms with van der Waals surface area (Å²) in [6.45, 7) is 4.87. The second kappa shape index (κ2) is 4.49. The topological polar surface area (TPSA) is 29.5 Å². The fourth-order valence-electron chi connectivity index (χ4n) is 0.947. The maximum Gasteiger partial charge on any atom is 0.138 e. The van der Waals surface area contributed by atoms with Gasteiger partial charge in [-0.3, -0.25) is 0 Å². The van der Waals surface area contributed by atoms with Gasteiger partial charge in [-0.25, -0.2) is 0 Å². The molecule has 71 valence electrons. The van der Waals surface area contributed by atoms with Gasteiger partial charge in [-0.05, 0) is 31.5 Å². The number of rotatable bonds is 3. The summed E-state index contributed by atoms with van der Waals surface area (Å²) in [5, 5.41) is 9.22. The lowest BCUT2D eigenvalue weighted by molar-refractivity contribution is 0.242. The van der Waals surface area contributed by atoms with Gasteiger partial charge in [0.25, 0.3) is 0 Å². The first-order valence-corrected chi connectivity index (χ1v) is 4.45. The van der Waals surface area contributed by atoms with Gasteiger partial charge >= 0.3 is 0 Å². The number of ether oxygens (including phenoxy) is 1. The van der Waals surface area contributed by atoms with Crippen molar-refractivity contribution in [1.29, 1.82) is 0 Å². The third-order valence-corrected chi connectivity index (χ3v) is 1.76. The largest absolute Gasteiger partial charge is 0.489 e. The molecule has 1 aromatic rings. The quantitative estimate of drug-likeness (QED) is 0.811. The molecule has 1 aromatic carbocycles. The van der Waals surface area contributed by atoms with E-state index in [9.17, 15) is 0 Å². The Bertz CT molecular complexity index is 284. The summed E-state index contributed by atoms with van der Waals surface area (Å²) in [6, 6.07) is 5.13. The highest BCUT2D eigenvalue weighted by molar-refractivity contribution is 6.32. The average Bonchev–Trinajstić information content (AvgIpc) is 2.08. The SMILES string of the molecule is CC(C)Oc1ccc([CH]O)cc1Cl. The van der Waals surface area contributed by atoms with Crippen LogP contribution >= 0.6 is 11.6 Å². The van der Waals surface area contributed by atoms with Crippen molar-refractivity contribution in [1.82, 2.24) is 0 Å². The van der Waals surface area contributed by atoms with Crippen LogP contribution in [-0.2, 0) is 0 Å². The molecular formula is C10H12ClO2. The summed E-state index contributed by atoms with van der Waals surface area (Å²) in [6.07, 6.45) is 0.0986. The molecule has 0 aliphatic heterocycles. The van der Waals surface area contributed by atoms with Crippen LogP contribution in [0.25, 0.3) is 0 Å². The van der Waals surface area contributed by atoms with Gasteiger partial charge in [-0.2, -0.15) is 0 Å². The minimum absolute atomic E-state index is 0.0986. The fourth-order valence-corrected chi connectivity index (χ4v) is 1.18. The normalized spacial score (nSPS) is 10.5. The number of hydrogen-bond acceptors (Lipinski definition) is 2. The predicted octanol–water partition coefficient (Wildman–Crippen LogP) is 3.01. The molecular weight excluding hydrogens is 188 g/mol. The molecule has 0 aromatic heterocycles. The molecule has 0 atom stereocenters. The van der Waals surface area contributed by atoms with Crippen LogP contribution in [0, 0.1) is 6.61 Å². The number of benzene rings is 1. The van der Waals surface area contributed by atoms with Crippen LogP contribution in [0.3, 0.4) is 0 Å². The Kier molecular flexibility index (Phi) is 3.58. The van der Waals surface area contributed by atoms with Crippen LogP contribution in [0.5, 0.6) is 5.75 Å². The highest BCUT2D eigenvalue weighted by Gasteiger charge is 2.04. The van der Waals surface area contributed by atoms with Gasteiger partial charge in [-0.15, -0.1) is 0 Å². The Morgan fingerprint density at radius 1 is 1.46 bits per heavy atom. The maximum absolute atomic E-state index is 8.71. The average molecular weight is 200 g/mol. The minimum atomic E-state index is 0.0986. The molecule has 2 nitrogen and oxygen atoms in total. The standard InChI is InChI=1S/C10H12ClO2/c1-7(2)13-10-4-3-8(6-12)5-9(10)11/h3-7,12H,1-2H3. The zero-order valence-corrected chi connectivity index (χ0v) is 8.38. The lowest BCUT2D eigenvalue weighted by Gasteiger charge is -2.11. The molecule has 0 fully saturated rings. The van der Waals surface area contributed by atoms with E-state index in [0.717, 1.165) is 6.61 Å². The Labute approximate surface area is 83.1 Å². The van der Waals surface area contributed by atoms with E-state index in [-0.39, 0.29) is 6.10 Å². The van der Waals surface area contributed by atoms with Crippen LogP contribution in [0.15, 0.2) is 18.2 Å². The molecule has 0 unspecified atom stereocenters. The summed E-state index contributed by atoms with van der Waals surface area (Å²) in [4.78, 5) is 0. The van der Waals surface area contributed by atoms with Crippen LogP contribution in [0.1, 0.15) is 19.4 Å². The van der Waals surface area contributed by atoms with Crippen molar-refractivity contribution >= 4 is 11.6 Å². The van der Waals surface area contributed by atoms with E-state index in [2.05, 4.69) is 0 Å². The third-order valence-electron chi connectivity index (χ3n) is 1.47. The summed E-state index contributed by atoms with van der Waals surface area (Å²) < 4.78 is 5.42. The van der Waals surface area contributed by atoms with Gasteiger partial charge < -0.3 is 9.84 Å². The maximum atomic E-state index is 8.71. The fraction of sp³-hybridized carbons (Fsp3) is 0.300. The first-order chi connectivity index (χ1) is 6.13. The van der Waals surface area contributed by atoms with Gasteiger partial charge in [0.05, 0.1) is 11.1 Å². The third kappa shape index (κ3) is 2.90. The Balaban J connectivity index is 2.85. The second-order valence-corrected chi connectivity index (χ2v) is 3.39. The molecule has 0 saturated carbocycles.